The lowest BCUT2D eigenvalue weighted by atomic mass is 10.1. The quantitative estimate of drug-likeness (QED) is 0.647. The van der Waals surface area contributed by atoms with Crippen molar-refractivity contribution in [3.63, 3.8) is 0 Å². The fourth-order valence-electron chi connectivity index (χ4n) is 1.45. The molecule has 6 heteroatoms. The first-order chi connectivity index (χ1) is 6.89. The SMILES string of the molecule is CC(C)(C)n1ncc2c(=O)[nH]c(=O)[nH]c21. The van der Waals surface area contributed by atoms with Crippen LogP contribution in [0.5, 0.6) is 0 Å². The molecule has 0 radical (unpaired) electrons. The van der Waals surface area contributed by atoms with Gasteiger partial charge >= 0.3 is 5.69 Å². The van der Waals surface area contributed by atoms with Gasteiger partial charge in [-0.3, -0.25) is 14.8 Å². The molecule has 0 atom stereocenters. The first-order valence-electron chi connectivity index (χ1n) is 4.60. The van der Waals surface area contributed by atoms with Crippen LogP contribution in [0.2, 0.25) is 0 Å². The van der Waals surface area contributed by atoms with Gasteiger partial charge < -0.3 is 0 Å². The molecule has 0 saturated heterocycles. The molecule has 0 amide bonds. The number of aromatic amines is 2. The number of hydrogen-bond acceptors (Lipinski definition) is 3. The topological polar surface area (TPSA) is 83.5 Å². The van der Waals surface area contributed by atoms with E-state index in [-0.39, 0.29) is 5.54 Å². The monoisotopic (exact) mass is 208 g/mol. The van der Waals surface area contributed by atoms with Gasteiger partial charge in [-0.2, -0.15) is 5.10 Å². The summed E-state index contributed by atoms with van der Waals surface area (Å²) in [5.41, 5.74) is -0.752. The van der Waals surface area contributed by atoms with Gasteiger partial charge in [-0.1, -0.05) is 0 Å². The van der Waals surface area contributed by atoms with Crippen molar-refractivity contribution in [1.29, 1.82) is 0 Å². The number of fused-ring (bicyclic) bond motifs is 1. The number of nitrogens with one attached hydrogen (secondary N) is 2. The van der Waals surface area contributed by atoms with Gasteiger partial charge in [-0.25, -0.2) is 9.48 Å². The third kappa shape index (κ3) is 1.47. The van der Waals surface area contributed by atoms with Gasteiger partial charge in [0.05, 0.1) is 11.7 Å². The summed E-state index contributed by atoms with van der Waals surface area (Å²) in [5.74, 6) is 0. The summed E-state index contributed by atoms with van der Waals surface area (Å²) in [5, 5.41) is 4.49. The molecule has 0 fully saturated rings. The summed E-state index contributed by atoms with van der Waals surface area (Å²) < 4.78 is 1.62. The van der Waals surface area contributed by atoms with Crippen LogP contribution in [0.15, 0.2) is 15.8 Å². The molecular weight excluding hydrogens is 196 g/mol. The van der Waals surface area contributed by atoms with Gasteiger partial charge in [0.2, 0.25) is 0 Å². The normalized spacial score (nSPS) is 12.2. The van der Waals surface area contributed by atoms with E-state index in [4.69, 9.17) is 0 Å². The van der Waals surface area contributed by atoms with Crippen molar-refractivity contribution in [2.24, 2.45) is 0 Å². The Morgan fingerprint density at radius 2 is 1.93 bits per heavy atom. The minimum atomic E-state index is -0.515. The Bertz CT molecular complexity index is 611. The first kappa shape index (κ1) is 9.70. The molecule has 15 heavy (non-hydrogen) atoms. The highest BCUT2D eigenvalue weighted by Gasteiger charge is 2.18. The summed E-state index contributed by atoms with van der Waals surface area (Å²) in [6.45, 7) is 5.83. The maximum Gasteiger partial charge on any atom is 0.327 e. The first-order valence-corrected chi connectivity index (χ1v) is 4.60. The number of nitrogens with zero attached hydrogens (tertiary/aromatic N) is 2. The van der Waals surface area contributed by atoms with Gasteiger partial charge in [0, 0.05) is 0 Å². The molecule has 0 aromatic carbocycles. The minimum absolute atomic E-state index is 0.279. The van der Waals surface area contributed by atoms with Crippen molar-refractivity contribution in [2.75, 3.05) is 0 Å². The van der Waals surface area contributed by atoms with E-state index >= 15 is 0 Å². The van der Waals surface area contributed by atoms with Crippen molar-refractivity contribution >= 4 is 11.0 Å². The Balaban J connectivity index is 2.92. The summed E-state index contributed by atoms with van der Waals surface area (Å²) in [6, 6.07) is 0. The number of aromatic nitrogens is 4. The van der Waals surface area contributed by atoms with Crippen LogP contribution < -0.4 is 11.2 Å². The van der Waals surface area contributed by atoms with Gasteiger partial charge in [0.25, 0.3) is 5.56 Å². The molecule has 0 spiro atoms. The number of rotatable bonds is 0. The summed E-state index contributed by atoms with van der Waals surface area (Å²) in [4.78, 5) is 27.3. The van der Waals surface area contributed by atoms with Gasteiger partial charge in [0.15, 0.2) is 0 Å². The van der Waals surface area contributed by atoms with Crippen LogP contribution in [-0.4, -0.2) is 19.7 Å². The van der Waals surface area contributed by atoms with Gasteiger partial charge in [0.1, 0.15) is 11.0 Å². The molecule has 0 bridgehead atoms. The van der Waals surface area contributed by atoms with Crippen molar-refractivity contribution in [2.45, 2.75) is 26.3 Å². The molecule has 2 aromatic heterocycles. The fraction of sp³-hybridized carbons (Fsp3) is 0.444. The second-order valence-electron chi connectivity index (χ2n) is 4.40. The summed E-state index contributed by atoms with van der Waals surface area (Å²) >= 11 is 0. The third-order valence-corrected chi connectivity index (χ3v) is 2.11. The standard InChI is InChI=1S/C9H12N4O2/c1-9(2,3)13-6-5(4-10-13)7(14)12-8(15)11-6/h4H,1-3H3,(H2,11,12,14,15). The average Bonchev–Trinajstić information content (AvgIpc) is 2.45. The summed E-state index contributed by atoms with van der Waals surface area (Å²) in [7, 11) is 0. The Labute approximate surface area is 84.9 Å². The number of hydrogen-bond donors (Lipinski definition) is 2. The van der Waals surface area contributed by atoms with E-state index in [1.807, 2.05) is 20.8 Å². The second-order valence-corrected chi connectivity index (χ2v) is 4.40. The van der Waals surface area contributed by atoms with Crippen molar-refractivity contribution in [3.05, 3.63) is 27.0 Å². The average molecular weight is 208 g/mol. The molecule has 2 N–H and O–H groups in total. The van der Waals surface area contributed by atoms with Crippen LogP contribution in [0.1, 0.15) is 20.8 Å². The molecule has 0 unspecified atom stereocenters. The van der Waals surface area contributed by atoms with Crippen LogP contribution >= 0.6 is 0 Å². The highest BCUT2D eigenvalue weighted by molar-refractivity contribution is 5.72. The van der Waals surface area contributed by atoms with E-state index in [0.29, 0.717) is 11.0 Å². The zero-order valence-corrected chi connectivity index (χ0v) is 8.79. The van der Waals surface area contributed by atoms with Crippen molar-refractivity contribution in [1.82, 2.24) is 19.7 Å². The smallest absolute Gasteiger partial charge is 0.292 e. The largest absolute Gasteiger partial charge is 0.327 e. The molecule has 2 heterocycles. The lowest BCUT2D eigenvalue weighted by Crippen LogP contribution is -2.27. The molecule has 2 rings (SSSR count). The van der Waals surface area contributed by atoms with Crippen LogP contribution in [-0.2, 0) is 5.54 Å². The van der Waals surface area contributed by atoms with Gasteiger partial charge in [-0.05, 0) is 20.8 Å². The van der Waals surface area contributed by atoms with Crippen molar-refractivity contribution < 1.29 is 0 Å². The summed E-state index contributed by atoms with van der Waals surface area (Å²) in [6.07, 6.45) is 1.45. The maximum absolute atomic E-state index is 11.4. The van der Waals surface area contributed by atoms with Crippen LogP contribution in [0.3, 0.4) is 0 Å². The van der Waals surface area contributed by atoms with E-state index in [0.717, 1.165) is 0 Å². The molecule has 80 valence electrons. The van der Waals surface area contributed by atoms with Crippen LogP contribution in [0.4, 0.5) is 0 Å². The van der Waals surface area contributed by atoms with E-state index in [1.165, 1.54) is 6.20 Å². The Kier molecular flexibility index (Phi) is 1.82. The third-order valence-electron chi connectivity index (χ3n) is 2.11. The van der Waals surface area contributed by atoms with E-state index in [9.17, 15) is 9.59 Å². The number of H-pyrrole nitrogens is 2. The molecule has 0 saturated carbocycles. The fourth-order valence-corrected chi connectivity index (χ4v) is 1.45. The van der Waals surface area contributed by atoms with E-state index in [1.54, 1.807) is 4.68 Å². The van der Waals surface area contributed by atoms with Gasteiger partial charge in [-0.15, -0.1) is 0 Å². The lowest BCUT2D eigenvalue weighted by molar-refractivity contribution is 0.365. The highest BCUT2D eigenvalue weighted by atomic mass is 16.2. The maximum atomic E-state index is 11.4. The Morgan fingerprint density at radius 3 is 2.53 bits per heavy atom. The molecular formula is C9H12N4O2. The molecule has 0 aliphatic heterocycles. The van der Waals surface area contributed by atoms with Crippen molar-refractivity contribution in [3.8, 4) is 0 Å². The lowest BCUT2D eigenvalue weighted by Gasteiger charge is -2.19. The van der Waals surface area contributed by atoms with Crippen LogP contribution in [0.25, 0.3) is 11.0 Å². The molecule has 0 aliphatic carbocycles. The Hall–Kier alpha value is -1.85. The Morgan fingerprint density at radius 1 is 1.27 bits per heavy atom. The zero-order valence-electron chi connectivity index (χ0n) is 8.79. The van der Waals surface area contributed by atoms with E-state index < -0.39 is 11.2 Å². The van der Waals surface area contributed by atoms with Crippen LogP contribution in [0, 0.1) is 0 Å². The predicted molar refractivity (Wildman–Crippen MR) is 56.0 cm³/mol. The minimum Gasteiger partial charge on any atom is -0.292 e. The predicted octanol–water partition coefficient (Wildman–Crippen LogP) is 0.168. The molecule has 2 aromatic rings. The molecule has 0 aliphatic rings. The second kappa shape index (κ2) is 2.82. The highest BCUT2D eigenvalue weighted by Crippen LogP contribution is 2.16. The van der Waals surface area contributed by atoms with E-state index in [2.05, 4.69) is 15.1 Å². The molecule has 6 nitrogen and oxygen atoms in total. The zero-order chi connectivity index (χ0) is 11.2.